The number of esters is 2. The lowest BCUT2D eigenvalue weighted by atomic mass is 10.1. The Labute approximate surface area is 175 Å². The number of halogens is 1. The van der Waals surface area contributed by atoms with Crippen LogP contribution in [0.3, 0.4) is 0 Å². The Morgan fingerprint density at radius 1 is 1.33 bits per heavy atom. The number of carbonyl (C=O) groups is 3. The minimum atomic E-state index is -4.26. The molecule has 0 bridgehead atoms. The number of nitrogens with one attached hydrogen (secondary N) is 1. The van der Waals surface area contributed by atoms with Crippen LogP contribution in [0.4, 0.5) is 5.69 Å². The molecule has 0 fully saturated rings. The summed E-state index contributed by atoms with van der Waals surface area (Å²) in [5.74, 6) is -3.08. The highest BCUT2D eigenvalue weighted by atomic mass is 35.5. The number of hydrogen-bond donors (Lipinski definition) is 3. The summed E-state index contributed by atoms with van der Waals surface area (Å²) in [6.45, 7) is 0.341. The summed E-state index contributed by atoms with van der Waals surface area (Å²) >= 11 is 5.96. The molecule has 0 aliphatic carbocycles. The molecule has 0 amide bonds. The molecular weight excluding hydrogens is 444 g/mol. The summed E-state index contributed by atoms with van der Waals surface area (Å²) in [4.78, 5) is 34.2. The van der Waals surface area contributed by atoms with Gasteiger partial charge in [-0.2, -0.15) is 0 Å². The quantitative estimate of drug-likeness (QED) is 0.463. The number of rotatable bonds is 9. The number of nitrogens with two attached hydrogens (primary N) is 1. The largest absolute Gasteiger partial charge is 0.479 e. The van der Waals surface area contributed by atoms with Gasteiger partial charge < -0.3 is 24.3 Å². The molecule has 0 radical (unpaired) electrons. The van der Waals surface area contributed by atoms with Crippen LogP contribution in [0.25, 0.3) is 0 Å². The van der Waals surface area contributed by atoms with Crippen molar-refractivity contribution in [2.45, 2.75) is 24.5 Å². The highest BCUT2D eigenvalue weighted by Crippen LogP contribution is 2.29. The van der Waals surface area contributed by atoms with E-state index in [-0.39, 0.29) is 22.8 Å². The number of carbonyl (C=O) groups excluding carboxylic acids is 2. The lowest BCUT2D eigenvalue weighted by Gasteiger charge is -2.14. The van der Waals surface area contributed by atoms with E-state index in [1.807, 2.05) is 0 Å². The fourth-order valence-electron chi connectivity index (χ4n) is 2.17. The fraction of sp³-hybridized carbons (Fsp3) is 0.235. The van der Waals surface area contributed by atoms with Gasteiger partial charge in [-0.05, 0) is 31.2 Å². The van der Waals surface area contributed by atoms with E-state index in [2.05, 4.69) is 10.1 Å². The van der Waals surface area contributed by atoms with Crippen LogP contribution in [0.15, 0.2) is 39.8 Å². The maximum Gasteiger partial charge on any atom is 0.345 e. The predicted octanol–water partition coefficient (Wildman–Crippen LogP) is 1.37. The van der Waals surface area contributed by atoms with Crippen LogP contribution in [-0.4, -0.2) is 44.1 Å². The Hall–Kier alpha value is -3.09. The maximum atomic E-state index is 12.5. The van der Waals surface area contributed by atoms with E-state index in [1.165, 1.54) is 6.26 Å². The van der Waals surface area contributed by atoms with Crippen molar-refractivity contribution in [1.29, 1.82) is 0 Å². The standard InChI is InChI=1S/C17H17ClN2O9S/c1-9(16(22)23)29-15(21)8-28-17(24)11-5-14(30(19,25)26)12(18)6-13(11)20-7-10-3-2-4-27-10/h2-6,9,20H,7-8H2,1H3,(H,22,23)(H2,19,25,26)/t9-/m0/s1. The zero-order chi connectivity index (χ0) is 22.5. The average molecular weight is 461 g/mol. The van der Waals surface area contributed by atoms with Crippen LogP contribution in [-0.2, 0) is 35.6 Å². The van der Waals surface area contributed by atoms with Crippen molar-refractivity contribution < 1.29 is 41.8 Å². The molecule has 1 heterocycles. The fourth-order valence-corrected chi connectivity index (χ4v) is 3.27. The van der Waals surface area contributed by atoms with Crippen LogP contribution in [0.2, 0.25) is 5.02 Å². The van der Waals surface area contributed by atoms with Gasteiger partial charge in [0.1, 0.15) is 10.7 Å². The smallest absolute Gasteiger partial charge is 0.345 e. The summed E-state index contributed by atoms with van der Waals surface area (Å²) in [7, 11) is -4.26. The third-order valence-electron chi connectivity index (χ3n) is 3.61. The molecule has 1 aromatic heterocycles. The van der Waals surface area contributed by atoms with Crippen LogP contribution in [0.1, 0.15) is 23.0 Å². The highest BCUT2D eigenvalue weighted by Gasteiger charge is 2.23. The van der Waals surface area contributed by atoms with E-state index in [4.69, 9.17) is 31.0 Å². The van der Waals surface area contributed by atoms with Crippen LogP contribution in [0, 0.1) is 0 Å². The second kappa shape index (κ2) is 9.61. The molecule has 30 heavy (non-hydrogen) atoms. The molecular formula is C17H17ClN2O9S. The summed E-state index contributed by atoms with van der Waals surface area (Å²) in [5.41, 5.74) is -0.199. The number of benzene rings is 1. The topological polar surface area (TPSA) is 175 Å². The first-order chi connectivity index (χ1) is 14.0. The minimum absolute atomic E-state index is 0.0843. The first-order valence-electron chi connectivity index (χ1n) is 8.21. The Kier molecular flexibility index (Phi) is 7.43. The second-order valence-electron chi connectivity index (χ2n) is 5.85. The first-order valence-corrected chi connectivity index (χ1v) is 10.1. The van der Waals surface area contributed by atoms with E-state index in [0.717, 1.165) is 19.1 Å². The van der Waals surface area contributed by atoms with Gasteiger partial charge in [-0.1, -0.05) is 11.6 Å². The van der Waals surface area contributed by atoms with Gasteiger partial charge in [-0.3, -0.25) is 0 Å². The number of ether oxygens (including phenoxy) is 2. The summed E-state index contributed by atoms with van der Waals surface area (Å²) in [6, 6.07) is 5.36. The number of primary sulfonamides is 1. The molecule has 13 heteroatoms. The van der Waals surface area contributed by atoms with Crippen LogP contribution in [0.5, 0.6) is 0 Å². The van der Waals surface area contributed by atoms with E-state index in [1.54, 1.807) is 12.1 Å². The van der Waals surface area contributed by atoms with Gasteiger partial charge in [-0.15, -0.1) is 0 Å². The molecule has 162 valence electrons. The van der Waals surface area contributed by atoms with Gasteiger partial charge in [0.25, 0.3) is 0 Å². The van der Waals surface area contributed by atoms with Gasteiger partial charge in [0.05, 0.1) is 29.1 Å². The Bertz CT molecular complexity index is 1050. The molecule has 1 atom stereocenters. The highest BCUT2D eigenvalue weighted by molar-refractivity contribution is 7.89. The normalized spacial score (nSPS) is 12.1. The third-order valence-corrected chi connectivity index (χ3v) is 4.98. The number of hydrogen-bond acceptors (Lipinski definition) is 9. The van der Waals surface area contributed by atoms with Crippen LogP contribution < -0.4 is 10.5 Å². The second-order valence-corrected chi connectivity index (χ2v) is 7.79. The number of carboxylic acid groups (broad SMARTS) is 1. The first kappa shape index (κ1) is 23.2. The number of aliphatic carboxylic acids is 1. The average Bonchev–Trinajstić information content (AvgIpc) is 3.16. The number of anilines is 1. The molecule has 0 unspecified atom stereocenters. The van der Waals surface area contributed by atoms with Gasteiger partial charge >= 0.3 is 17.9 Å². The van der Waals surface area contributed by atoms with E-state index in [0.29, 0.717) is 5.76 Å². The lowest BCUT2D eigenvalue weighted by molar-refractivity contribution is -0.164. The van der Waals surface area contributed by atoms with Crippen molar-refractivity contribution in [3.05, 3.63) is 46.9 Å². The molecule has 0 saturated carbocycles. The Morgan fingerprint density at radius 2 is 2.03 bits per heavy atom. The van der Waals surface area contributed by atoms with Gasteiger partial charge in [0.15, 0.2) is 12.7 Å². The zero-order valence-corrected chi connectivity index (χ0v) is 17.0. The lowest BCUT2D eigenvalue weighted by Crippen LogP contribution is -2.27. The van der Waals surface area contributed by atoms with Crippen molar-refractivity contribution in [2.24, 2.45) is 5.14 Å². The zero-order valence-electron chi connectivity index (χ0n) is 15.5. The molecule has 0 saturated heterocycles. The number of sulfonamides is 1. The molecule has 2 aromatic rings. The summed E-state index contributed by atoms with van der Waals surface area (Å²) in [6.07, 6.45) is -0.00117. The molecule has 0 aliphatic rings. The molecule has 0 aliphatic heterocycles. The molecule has 0 spiro atoms. The van der Waals surface area contributed by atoms with Crippen LogP contribution >= 0.6 is 11.6 Å². The maximum absolute atomic E-state index is 12.5. The summed E-state index contributed by atoms with van der Waals surface area (Å²) in [5, 5.41) is 16.4. The third kappa shape index (κ3) is 6.20. The SMILES string of the molecule is C[C@H](OC(=O)COC(=O)c1cc(S(N)(=O)=O)c(Cl)cc1NCc1ccco1)C(=O)O. The van der Waals surface area contributed by atoms with E-state index in [9.17, 15) is 22.8 Å². The number of carboxylic acids is 1. The van der Waals surface area contributed by atoms with Crippen molar-refractivity contribution >= 4 is 45.2 Å². The van der Waals surface area contributed by atoms with Crippen molar-refractivity contribution in [1.82, 2.24) is 0 Å². The van der Waals surface area contributed by atoms with E-state index >= 15 is 0 Å². The van der Waals surface area contributed by atoms with Crippen molar-refractivity contribution in [3.63, 3.8) is 0 Å². The van der Waals surface area contributed by atoms with Gasteiger partial charge in [0, 0.05) is 0 Å². The molecule has 11 nitrogen and oxygen atoms in total. The summed E-state index contributed by atoms with van der Waals surface area (Å²) < 4.78 is 37.9. The predicted molar refractivity (Wildman–Crippen MR) is 102 cm³/mol. The van der Waals surface area contributed by atoms with E-state index < -0.39 is 45.5 Å². The Morgan fingerprint density at radius 3 is 2.60 bits per heavy atom. The van der Waals surface area contributed by atoms with Gasteiger partial charge in [-0.25, -0.2) is 27.9 Å². The Balaban J connectivity index is 2.24. The number of furan rings is 1. The monoisotopic (exact) mass is 460 g/mol. The van der Waals surface area contributed by atoms with Crippen molar-refractivity contribution in [3.8, 4) is 0 Å². The molecule has 1 aromatic carbocycles. The molecule has 2 rings (SSSR count). The molecule has 4 N–H and O–H groups in total. The van der Waals surface area contributed by atoms with Gasteiger partial charge in [0.2, 0.25) is 10.0 Å². The minimum Gasteiger partial charge on any atom is -0.479 e. The van der Waals surface area contributed by atoms with Crippen molar-refractivity contribution in [2.75, 3.05) is 11.9 Å².